The maximum atomic E-state index is 13.9. The fourth-order valence-electron chi connectivity index (χ4n) is 5.89. The van der Waals surface area contributed by atoms with Crippen LogP contribution in [-0.2, 0) is 13.1 Å². The molecule has 2 heterocycles. The van der Waals surface area contributed by atoms with Crippen molar-refractivity contribution in [2.24, 2.45) is 0 Å². The highest BCUT2D eigenvalue weighted by atomic mass is 16.5. The first-order chi connectivity index (χ1) is 18.1. The summed E-state index contributed by atoms with van der Waals surface area (Å²) in [5, 5.41) is 0. The number of benzene rings is 3. The van der Waals surface area contributed by atoms with Gasteiger partial charge < -0.3 is 14.2 Å². The molecule has 2 aliphatic rings. The first-order valence-electron chi connectivity index (χ1n) is 13.1. The van der Waals surface area contributed by atoms with Crippen LogP contribution in [0.4, 0.5) is 5.69 Å². The van der Waals surface area contributed by atoms with Gasteiger partial charge in [-0.15, -0.1) is 0 Å². The molecule has 0 N–H and O–H groups in total. The number of carbonyl (C=O) groups excluding carboxylic acids is 1. The number of rotatable bonds is 4. The number of anilines is 1. The van der Waals surface area contributed by atoms with E-state index in [0.717, 1.165) is 53.2 Å². The molecule has 1 aliphatic heterocycles. The molecule has 0 saturated heterocycles. The van der Waals surface area contributed by atoms with Crippen LogP contribution in [0.25, 0.3) is 11.1 Å². The lowest BCUT2D eigenvalue weighted by atomic mass is 9.82. The van der Waals surface area contributed by atoms with E-state index in [-0.39, 0.29) is 5.91 Å². The van der Waals surface area contributed by atoms with Gasteiger partial charge in [0.1, 0.15) is 5.75 Å². The normalized spacial score (nSPS) is 15.1. The van der Waals surface area contributed by atoms with Crippen molar-refractivity contribution in [1.29, 1.82) is 0 Å². The van der Waals surface area contributed by atoms with E-state index in [1.807, 2.05) is 29.2 Å². The van der Waals surface area contributed by atoms with E-state index >= 15 is 0 Å². The number of aryl methyl sites for hydroxylation is 1. The van der Waals surface area contributed by atoms with E-state index in [4.69, 9.17) is 4.74 Å². The number of hydrogen-bond acceptors (Lipinski definition) is 2. The molecule has 1 amide bonds. The van der Waals surface area contributed by atoms with Crippen molar-refractivity contribution in [3.63, 3.8) is 0 Å². The van der Waals surface area contributed by atoms with Gasteiger partial charge in [0, 0.05) is 29.7 Å². The lowest BCUT2D eigenvalue weighted by Gasteiger charge is -2.25. The molecular formula is C33H32N2O2. The monoisotopic (exact) mass is 488 g/mol. The van der Waals surface area contributed by atoms with Gasteiger partial charge in [0.2, 0.25) is 0 Å². The van der Waals surface area contributed by atoms with Crippen LogP contribution < -0.4 is 9.64 Å². The van der Waals surface area contributed by atoms with Crippen molar-refractivity contribution in [3.8, 4) is 5.75 Å². The maximum Gasteiger partial charge on any atom is 0.258 e. The third kappa shape index (κ3) is 4.37. The van der Waals surface area contributed by atoms with E-state index in [1.165, 1.54) is 35.1 Å². The zero-order valence-corrected chi connectivity index (χ0v) is 21.5. The van der Waals surface area contributed by atoms with Gasteiger partial charge in [-0.25, -0.2) is 0 Å². The van der Waals surface area contributed by atoms with Crippen molar-refractivity contribution >= 4 is 22.7 Å². The number of amides is 1. The molecule has 0 saturated carbocycles. The minimum atomic E-state index is 0.0439. The summed E-state index contributed by atoms with van der Waals surface area (Å²) in [5.74, 6) is 0.929. The highest BCUT2D eigenvalue weighted by molar-refractivity contribution is 6.07. The minimum absolute atomic E-state index is 0.0439. The molecule has 1 aliphatic carbocycles. The molecule has 0 spiro atoms. The Morgan fingerprint density at radius 3 is 2.51 bits per heavy atom. The van der Waals surface area contributed by atoms with Gasteiger partial charge in [0.15, 0.2) is 0 Å². The maximum absolute atomic E-state index is 13.9. The molecule has 4 nitrogen and oxygen atoms in total. The summed E-state index contributed by atoms with van der Waals surface area (Å²) in [6.07, 6.45) is 6.59. The van der Waals surface area contributed by atoms with Crippen LogP contribution in [0.3, 0.4) is 0 Å². The third-order valence-electron chi connectivity index (χ3n) is 7.80. The number of fused-ring (bicyclic) bond motifs is 2. The molecule has 186 valence electrons. The molecule has 37 heavy (non-hydrogen) atoms. The molecule has 0 atom stereocenters. The Bertz CT molecular complexity index is 1510. The van der Waals surface area contributed by atoms with E-state index in [0.29, 0.717) is 6.54 Å². The molecule has 0 unspecified atom stereocenters. The first kappa shape index (κ1) is 23.4. The fourth-order valence-corrected chi connectivity index (χ4v) is 5.89. The average Bonchev–Trinajstić information content (AvgIpc) is 3.31. The molecule has 4 heteroatoms. The van der Waals surface area contributed by atoms with Gasteiger partial charge in [0.05, 0.1) is 13.7 Å². The van der Waals surface area contributed by atoms with Gasteiger partial charge in [-0.05, 0) is 108 Å². The van der Waals surface area contributed by atoms with Gasteiger partial charge in [0.25, 0.3) is 5.91 Å². The average molecular weight is 489 g/mol. The van der Waals surface area contributed by atoms with Gasteiger partial charge >= 0.3 is 0 Å². The number of hydrogen-bond donors (Lipinski definition) is 0. The van der Waals surface area contributed by atoms with Gasteiger partial charge in [-0.2, -0.15) is 0 Å². The number of methoxy groups -OCH3 is 1. The molecule has 0 radical (unpaired) electrons. The molecule has 6 rings (SSSR count). The van der Waals surface area contributed by atoms with E-state index in [9.17, 15) is 4.79 Å². The second kappa shape index (κ2) is 9.78. The quantitative estimate of drug-likeness (QED) is 0.298. The summed E-state index contributed by atoms with van der Waals surface area (Å²) in [5.41, 5.74) is 10.5. The van der Waals surface area contributed by atoms with Crippen LogP contribution in [-0.4, -0.2) is 17.6 Å². The first-order valence-corrected chi connectivity index (χ1v) is 13.1. The molecule has 0 bridgehead atoms. The Balaban J connectivity index is 1.37. The summed E-state index contributed by atoms with van der Waals surface area (Å²) >= 11 is 0. The summed E-state index contributed by atoms with van der Waals surface area (Å²) in [4.78, 5) is 15.9. The van der Waals surface area contributed by atoms with E-state index < -0.39 is 0 Å². The molecule has 4 aromatic rings. The summed E-state index contributed by atoms with van der Waals surface area (Å²) in [6.45, 7) is 3.48. The smallest absolute Gasteiger partial charge is 0.258 e. The molecule has 1 aromatic heterocycles. The Hall–Kier alpha value is -4.05. The van der Waals surface area contributed by atoms with Gasteiger partial charge in [-0.3, -0.25) is 4.79 Å². The van der Waals surface area contributed by atoms with Crippen LogP contribution in [0.2, 0.25) is 0 Å². The number of nitrogens with zero attached hydrogens (tertiary/aromatic N) is 2. The van der Waals surface area contributed by atoms with E-state index in [1.54, 1.807) is 7.11 Å². The number of para-hydroxylation sites is 1. The Morgan fingerprint density at radius 2 is 1.68 bits per heavy atom. The standard InChI is InChI=1S/C33H32N2O2/c1-23-19-25(33(36)35-22-27-11-8-18-34(27)21-26-9-3-6-15-32(26)35)16-17-29(23)31-14-5-4-13-30(31)24-10-7-12-28(20-24)37-2/h3,6-12,15-20H,4-5,13-14,21-22H2,1-2H3. The van der Waals surface area contributed by atoms with Crippen LogP contribution in [0.1, 0.15) is 64.0 Å². The Labute approximate surface area is 218 Å². The topological polar surface area (TPSA) is 34.5 Å². The Morgan fingerprint density at radius 1 is 0.838 bits per heavy atom. The summed E-state index contributed by atoms with van der Waals surface area (Å²) in [7, 11) is 1.72. The van der Waals surface area contributed by atoms with Crippen LogP contribution >= 0.6 is 0 Å². The van der Waals surface area contributed by atoms with E-state index in [2.05, 4.69) is 72.3 Å². The fraction of sp³-hybridized carbons (Fsp3) is 0.242. The predicted octanol–water partition coefficient (Wildman–Crippen LogP) is 7.50. The highest BCUT2D eigenvalue weighted by Gasteiger charge is 2.25. The second-order valence-corrected chi connectivity index (χ2v) is 10.1. The number of aromatic nitrogens is 1. The van der Waals surface area contributed by atoms with Crippen LogP contribution in [0, 0.1) is 6.92 Å². The predicted molar refractivity (Wildman–Crippen MR) is 150 cm³/mol. The lowest BCUT2D eigenvalue weighted by Crippen LogP contribution is -2.30. The second-order valence-electron chi connectivity index (χ2n) is 10.1. The summed E-state index contributed by atoms with van der Waals surface area (Å²) in [6, 6.07) is 27.1. The van der Waals surface area contributed by atoms with Crippen LogP contribution in [0.15, 0.2) is 85.1 Å². The van der Waals surface area contributed by atoms with Crippen molar-refractivity contribution < 1.29 is 9.53 Å². The van der Waals surface area contributed by atoms with Crippen molar-refractivity contribution in [2.75, 3.05) is 12.0 Å². The number of allylic oxidation sites excluding steroid dienone is 2. The van der Waals surface area contributed by atoms with Crippen molar-refractivity contribution in [3.05, 3.63) is 119 Å². The SMILES string of the molecule is COc1cccc(C2=C(c3ccc(C(=O)N4Cc5cccn5Cc5ccccc54)cc3C)CCCC2)c1. The van der Waals surface area contributed by atoms with Gasteiger partial charge in [-0.1, -0.05) is 36.4 Å². The lowest BCUT2D eigenvalue weighted by molar-refractivity contribution is 0.0985. The zero-order chi connectivity index (χ0) is 25.4. The zero-order valence-electron chi connectivity index (χ0n) is 21.5. The minimum Gasteiger partial charge on any atom is -0.497 e. The Kier molecular flexibility index (Phi) is 6.17. The van der Waals surface area contributed by atoms with Crippen molar-refractivity contribution in [1.82, 2.24) is 4.57 Å². The number of carbonyl (C=O) groups is 1. The third-order valence-corrected chi connectivity index (χ3v) is 7.80. The highest BCUT2D eigenvalue weighted by Crippen LogP contribution is 2.40. The molecular weight excluding hydrogens is 456 g/mol. The largest absolute Gasteiger partial charge is 0.497 e. The van der Waals surface area contributed by atoms with Crippen molar-refractivity contribution in [2.45, 2.75) is 45.7 Å². The summed E-state index contributed by atoms with van der Waals surface area (Å²) < 4.78 is 7.73. The molecule has 0 fully saturated rings. The molecule has 3 aromatic carbocycles. The number of ether oxygens (including phenoxy) is 1. The van der Waals surface area contributed by atoms with Crippen LogP contribution in [0.5, 0.6) is 5.75 Å².